The molecule has 1 heterocycles. The fourth-order valence-electron chi connectivity index (χ4n) is 3.67. The van der Waals surface area contributed by atoms with Crippen LogP contribution in [0.3, 0.4) is 0 Å². The Kier molecular flexibility index (Phi) is 8.67. The summed E-state index contributed by atoms with van der Waals surface area (Å²) in [5.41, 5.74) is 2.21. The highest BCUT2D eigenvalue weighted by molar-refractivity contribution is 7.92. The third-order valence-electron chi connectivity index (χ3n) is 5.83. The lowest BCUT2D eigenvalue weighted by atomic mass is 10.2. The van der Waals surface area contributed by atoms with Gasteiger partial charge < -0.3 is 14.8 Å². The van der Waals surface area contributed by atoms with Crippen LogP contribution < -0.4 is 14.8 Å². The molecule has 0 aromatic heterocycles. The molecule has 4 rings (SSSR count). The summed E-state index contributed by atoms with van der Waals surface area (Å²) in [5.74, 6) is -0.0418. The van der Waals surface area contributed by atoms with Crippen molar-refractivity contribution >= 4 is 31.6 Å². The molecule has 3 aromatic rings. The van der Waals surface area contributed by atoms with Gasteiger partial charge >= 0.3 is 0 Å². The number of hydrogen-bond donors (Lipinski definition) is 2. The van der Waals surface area contributed by atoms with E-state index < -0.39 is 20.0 Å². The highest BCUT2D eigenvalue weighted by Gasteiger charge is 2.26. The Bertz CT molecular complexity index is 1450. The second-order valence-corrected chi connectivity index (χ2v) is 12.3. The summed E-state index contributed by atoms with van der Waals surface area (Å²) in [6.45, 7) is 3.24. The molecule has 3 aromatic carbocycles. The van der Waals surface area contributed by atoms with Gasteiger partial charge in [-0.2, -0.15) is 4.31 Å². The summed E-state index contributed by atoms with van der Waals surface area (Å²) in [4.78, 5) is 12.5. The number of anilines is 1. The van der Waals surface area contributed by atoms with E-state index in [4.69, 9.17) is 9.47 Å². The van der Waals surface area contributed by atoms with Crippen LogP contribution in [0.2, 0.25) is 0 Å². The smallest absolute Gasteiger partial charge is 0.261 e. The first kappa shape index (κ1) is 27.6. The molecule has 1 fully saturated rings. The number of ether oxygens (including phenoxy) is 2. The predicted octanol–water partition coefficient (Wildman–Crippen LogP) is 2.51. The number of hydrogen-bond acceptors (Lipinski definition) is 7. The standard InChI is InChI=1S/C26H29N3O7S2/c1-20-2-6-22(7-3-20)28-37(31,32)24-12-8-23(9-13-24)36-19-26(30)27-18-21-4-10-25(11-5-21)38(33,34)29-14-16-35-17-15-29/h2-13,28H,14-19H2,1H3,(H,27,30). The van der Waals surface area contributed by atoms with Crippen LogP contribution in [0.15, 0.2) is 82.6 Å². The number of rotatable bonds is 10. The number of carbonyl (C=O) groups is 1. The predicted molar refractivity (Wildman–Crippen MR) is 142 cm³/mol. The highest BCUT2D eigenvalue weighted by atomic mass is 32.2. The van der Waals surface area contributed by atoms with Crippen molar-refractivity contribution in [3.8, 4) is 5.75 Å². The fraction of sp³-hybridized carbons (Fsp3) is 0.269. The molecule has 0 atom stereocenters. The molecular formula is C26H29N3O7S2. The minimum Gasteiger partial charge on any atom is -0.484 e. The quantitative estimate of drug-likeness (QED) is 0.390. The monoisotopic (exact) mass is 559 g/mol. The summed E-state index contributed by atoms with van der Waals surface area (Å²) in [6.07, 6.45) is 0. The van der Waals surface area contributed by atoms with Crippen LogP contribution in [0.25, 0.3) is 0 Å². The molecule has 202 valence electrons. The number of sulfonamides is 2. The van der Waals surface area contributed by atoms with E-state index in [-0.39, 0.29) is 28.8 Å². The highest BCUT2D eigenvalue weighted by Crippen LogP contribution is 2.20. The molecule has 10 nitrogen and oxygen atoms in total. The van der Waals surface area contributed by atoms with Gasteiger partial charge in [-0.05, 0) is 61.0 Å². The molecule has 1 saturated heterocycles. The van der Waals surface area contributed by atoms with E-state index in [0.717, 1.165) is 11.1 Å². The van der Waals surface area contributed by atoms with Crippen molar-refractivity contribution in [2.75, 3.05) is 37.6 Å². The van der Waals surface area contributed by atoms with Crippen molar-refractivity contribution in [1.29, 1.82) is 0 Å². The molecule has 1 aliphatic heterocycles. The first-order valence-electron chi connectivity index (χ1n) is 11.9. The Morgan fingerprint density at radius 3 is 2.11 bits per heavy atom. The molecular weight excluding hydrogens is 530 g/mol. The van der Waals surface area contributed by atoms with Gasteiger partial charge in [0, 0.05) is 25.3 Å². The van der Waals surface area contributed by atoms with Crippen molar-refractivity contribution in [2.45, 2.75) is 23.3 Å². The van der Waals surface area contributed by atoms with Crippen LogP contribution in [0.1, 0.15) is 11.1 Å². The van der Waals surface area contributed by atoms with E-state index in [9.17, 15) is 21.6 Å². The van der Waals surface area contributed by atoms with E-state index in [2.05, 4.69) is 10.0 Å². The maximum Gasteiger partial charge on any atom is 0.261 e. The first-order valence-corrected chi connectivity index (χ1v) is 14.8. The van der Waals surface area contributed by atoms with Crippen LogP contribution >= 0.6 is 0 Å². The molecule has 12 heteroatoms. The van der Waals surface area contributed by atoms with Crippen LogP contribution in [0.5, 0.6) is 5.75 Å². The van der Waals surface area contributed by atoms with Crippen LogP contribution in [-0.2, 0) is 36.1 Å². The average molecular weight is 560 g/mol. The van der Waals surface area contributed by atoms with Crippen LogP contribution in [0, 0.1) is 6.92 Å². The van der Waals surface area contributed by atoms with E-state index >= 15 is 0 Å². The lowest BCUT2D eigenvalue weighted by molar-refractivity contribution is -0.123. The van der Waals surface area contributed by atoms with Crippen molar-refractivity contribution in [2.24, 2.45) is 0 Å². The first-order chi connectivity index (χ1) is 18.1. The summed E-state index contributed by atoms with van der Waals surface area (Å²) in [6, 6.07) is 19.1. The van der Waals surface area contributed by atoms with Gasteiger partial charge in [0.05, 0.1) is 23.0 Å². The van der Waals surface area contributed by atoms with Crippen LogP contribution in [0.4, 0.5) is 5.69 Å². The van der Waals surface area contributed by atoms with Gasteiger partial charge in [0.2, 0.25) is 10.0 Å². The lowest BCUT2D eigenvalue weighted by Gasteiger charge is -2.26. The number of aryl methyl sites for hydroxylation is 1. The summed E-state index contributed by atoms with van der Waals surface area (Å²) >= 11 is 0. The largest absolute Gasteiger partial charge is 0.484 e. The minimum atomic E-state index is -3.76. The lowest BCUT2D eigenvalue weighted by Crippen LogP contribution is -2.40. The molecule has 0 spiro atoms. The summed E-state index contributed by atoms with van der Waals surface area (Å²) in [7, 11) is -7.34. The molecule has 0 aliphatic carbocycles. The maximum atomic E-state index is 12.7. The minimum absolute atomic E-state index is 0.0638. The molecule has 38 heavy (non-hydrogen) atoms. The number of morpholine rings is 1. The number of amides is 1. The average Bonchev–Trinajstić information content (AvgIpc) is 2.93. The second kappa shape index (κ2) is 11.9. The normalized spacial score (nSPS) is 14.6. The number of nitrogens with one attached hydrogen (secondary N) is 2. The third-order valence-corrected chi connectivity index (χ3v) is 9.14. The van der Waals surface area contributed by atoms with Gasteiger partial charge in [0.25, 0.3) is 15.9 Å². The van der Waals surface area contributed by atoms with Crippen molar-refractivity contribution in [1.82, 2.24) is 9.62 Å². The van der Waals surface area contributed by atoms with Gasteiger partial charge in [0.1, 0.15) is 5.75 Å². The van der Waals surface area contributed by atoms with Crippen molar-refractivity contribution < 1.29 is 31.1 Å². The van der Waals surface area contributed by atoms with E-state index in [1.165, 1.54) is 40.7 Å². The Morgan fingerprint density at radius 2 is 1.47 bits per heavy atom. The molecule has 0 bridgehead atoms. The third kappa shape index (κ3) is 7.10. The molecule has 2 N–H and O–H groups in total. The summed E-state index contributed by atoms with van der Waals surface area (Å²) in [5, 5.41) is 2.71. The molecule has 1 amide bonds. The van der Waals surface area contributed by atoms with E-state index in [0.29, 0.717) is 37.7 Å². The molecule has 0 unspecified atom stereocenters. The molecule has 0 saturated carbocycles. The maximum absolute atomic E-state index is 12.7. The topological polar surface area (TPSA) is 131 Å². The zero-order chi connectivity index (χ0) is 27.2. The van der Waals surface area contributed by atoms with Gasteiger partial charge in [-0.15, -0.1) is 0 Å². The molecule has 1 aliphatic rings. The number of nitrogens with zero attached hydrogens (tertiary/aromatic N) is 1. The van der Waals surface area contributed by atoms with Gasteiger partial charge in [-0.3, -0.25) is 9.52 Å². The van der Waals surface area contributed by atoms with Gasteiger partial charge in [0.15, 0.2) is 6.61 Å². The van der Waals surface area contributed by atoms with Gasteiger partial charge in [-0.25, -0.2) is 16.8 Å². The fourth-order valence-corrected chi connectivity index (χ4v) is 6.13. The van der Waals surface area contributed by atoms with E-state index in [1.807, 2.05) is 19.1 Å². The van der Waals surface area contributed by atoms with E-state index in [1.54, 1.807) is 24.3 Å². The zero-order valence-electron chi connectivity index (χ0n) is 20.8. The SMILES string of the molecule is Cc1ccc(NS(=O)(=O)c2ccc(OCC(=O)NCc3ccc(S(=O)(=O)N4CCOCC4)cc3)cc2)cc1. The van der Waals surface area contributed by atoms with Gasteiger partial charge in [-0.1, -0.05) is 29.8 Å². The zero-order valence-corrected chi connectivity index (χ0v) is 22.4. The van der Waals surface area contributed by atoms with Crippen LogP contribution in [-0.4, -0.2) is 60.0 Å². The van der Waals surface area contributed by atoms with Crippen molar-refractivity contribution in [3.05, 3.63) is 83.9 Å². The second-order valence-electron chi connectivity index (χ2n) is 8.67. The number of carbonyl (C=O) groups excluding carboxylic acids is 1. The molecule has 0 radical (unpaired) electrons. The number of benzene rings is 3. The Morgan fingerprint density at radius 1 is 0.868 bits per heavy atom. The Labute approximate surface area is 222 Å². The summed E-state index contributed by atoms with van der Waals surface area (Å²) < 4.78 is 65.2. The Balaban J connectivity index is 1.25. The Hall–Kier alpha value is -3.45. The van der Waals surface area contributed by atoms with Crippen molar-refractivity contribution in [3.63, 3.8) is 0 Å².